The van der Waals surface area contributed by atoms with Crippen molar-refractivity contribution in [3.05, 3.63) is 45.7 Å². The van der Waals surface area contributed by atoms with E-state index in [9.17, 15) is 0 Å². The van der Waals surface area contributed by atoms with Gasteiger partial charge in [-0.15, -0.1) is 11.8 Å². The fraction of sp³-hybridized carbons (Fsp3) is 0.231. The third kappa shape index (κ3) is 3.84. The van der Waals surface area contributed by atoms with Gasteiger partial charge in [-0.05, 0) is 34.5 Å². The smallest absolute Gasteiger partial charge is 0.144 e. The maximum atomic E-state index is 6.14. The zero-order valence-electron chi connectivity index (χ0n) is 10.4. The molecule has 1 N–H and O–H groups in total. The van der Waals surface area contributed by atoms with Crippen LogP contribution in [0.5, 0.6) is 0 Å². The first kappa shape index (κ1) is 14.6. The van der Waals surface area contributed by atoms with Crippen LogP contribution in [-0.4, -0.2) is 16.5 Å². The van der Waals surface area contributed by atoms with Gasteiger partial charge in [0, 0.05) is 17.3 Å². The molecule has 0 aliphatic rings. The van der Waals surface area contributed by atoms with Crippen molar-refractivity contribution in [1.29, 1.82) is 0 Å². The van der Waals surface area contributed by atoms with Gasteiger partial charge in [0.1, 0.15) is 17.2 Å². The summed E-state index contributed by atoms with van der Waals surface area (Å²) in [5, 5.41) is 4.88. The molecule has 19 heavy (non-hydrogen) atoms. The molecule has 0 saturated heterocycles. The average Bonchev–Trinajstić information content (AvgIpc) is 2.42. The number of nitrogens with one attached hydrogen (secondary N) is 1. The molecule has 0 aliphatic heterocycles. The highest BCUT2D eigenvalue weighted by molar-refractivity contribution is 9.10. The minimum absolute atomic E-state index is 0.779. The van der Waals surface area contributed by atoms with Crippen molar-refractivity contribution >= 4 is 45.1 Å². The SMILES string of the molecule is CCNc1ncnc(SCc2ccccc2Cl)c1Br. The third-order valence-corrected chi connectivity index (χ3v) is 4.84. The minimum Gasteiger partial charge on any atom is -0.369 e. The summed E-state index contributed by atoms with van der Waals surface area (Å²) >= 11 is 11.3. The zero-order chi connectivity index (χ0) is 13.7. The number of thioether (sulfide) groups is 1. The molecule has 0 bridgehead atoms. The Labute approximate surface area is 130 Å². The Balaban J connectivity index is 2.12. The summed E-state index contributed by atoms with van der Waals surface area (Å²) in [6.45, 7) is 2.86. The van der Waals surface area contributed by atoms with Crippen LogP contribution < -0.4 is 5.32 Å². The maximum Gasteiger partial charge on any atom is 0.144 e. The number of nitrogens with zero attached hydrogens (tertiary/aromatic N) is 2. The second-order valence-corrected chi connectivity index (χ2v) is 5.92. The Morgan fingerprint density at radius 3 is 2.84 bits per heavy atom. The summed E-state index contributed by atoms with van der Waals surface area (Å²) in [5.74, 6) is 1.60. The van der Waals surface area contributed by atoms with E-state index in [4.69, 9.17) is 11.6 Å². The molecule has 0 radical (unpaired) electrons. The Kier molecular flexibility index (Phi) is 5.48. The summed E-state index contributed by atoms with van der Waals surface area (Å²) in [7, 11) is 0. The van der Waals surface area contributed by atoms with Gasteiger partial charge in [0.15, 0.2) is 0 Å². The minimum atomic E-state index is 0.779. The van der Waals surface area contributed by atoms with Crippen LogP contribution in [0, 0.1) is 0 Å². The third-order valence-electron chi connectivity index (χ3n) is 2.42. The molecule has 0 saturated carbocycles. The van der Waals surface area contributed by atoms with Crippen molar-refractivity contribution in [3.8, 4) is 0 Å². The molecule has 0 spiro atoms. The van der Waals surface area contributed by atoms with Gasteiger partial charge in [-0.1, -0.05) is 29.8 Å². The second-order valence-electron chi connectivity index (χ2n) is 3.75. The lowest BCUT2D eigenvalue weighted by Crippen LogP contribution is -2.01. The van der Waals surface area contributed by atoms with E-state index < -0.39 is 0 Å². The molecule has 2 rings (SSSR count). The van der Waals surface area contributed by atoms with Crippen LogP contribution in [0.25, 0.3) is 0 Å². The molecule has 3 nitrogen and oxygen atoms in total. The number of halogens is 2. The Morgan fingerprint density at radius 1 is 1.32 bits per heavy atom. The standard InChI is InChI=1S/C13H13BrClN3S/c1-2-16-12-11(14)13(18-8-17-12)19-7-9-5-3-4-6-10(9)15/h3-6,8H,2,7H2,1H3,(H,16,17,18). The quantitative estimate of drug-likeness (QED) is 0.625. The molecule has 1 aromatic carbocycles. The van der Waals surface area contributed by atoms with Gasteiger partial charge >= 0.3 is 0 Å². The first-order valence-electron chi connectivity index (χ1n) is 5.83. The average molecular weight is 359 g/mol. The predicted molar refractivity (Wildman–Crippen MR) is 84.9 cm³/mol. The van der Waals surface area contributed by atoms with E-state index in [0.717, 1.165) is 38.2 Å². The lowest BCUT2D eigenvalue weighted by atomic mass is 10.2. The number of aromatic nitrogens is 2. The van der Waals surface area contributed by atoms with E-state index >= 15 is 0 Å². The van der Waals surface area contributed by atoms with Crippen LogP contribution in [0.4, 0.5) is 5.82 Å². The topological polar surface area (TPSA) is 37.8 Å². The summed E-state index contributed by atoms with van der Waals surface area (Å²) in [6.07, 6.45) is 1.57. The van der Waals surface area contributed by atoms with Crippen molar-refractivity contribution < 1.29 is 0 Å². The van der Waals surface area contributed by atoms with E-state index in [1.807, 2.05) is 31.2 Å². The molecular formula is C13H13BrClN3S. The van der Waals surface area contributed by atoms with Gasteiger partial charge in [-0.2, -0.15) is 0 Å². The summed E-state index contributed by atoms with van der Waals surface area (Å²) in [4.78, 5) is 8.48. The molecule has 100 valence electrons. The molecule has 6 heteroatoms. The van der Waals surface area contributed by atoms with Gasteiger partial charge in [0.2, 0.25) is 0 Å². The molecule has 0 aliphatic carbocycles. The van der Waals surface area contributed by atoms with Gasteiger partial charge in [-0.3, -0.25) is 0 Å². The molecule has 1 heterocycles. The van der Waals surface area contributed by atoms with E-state index in [0.29, 0.717) is 0 Å². The maximum absolute atomic E-state index is 6.14. The highest BCUT2D eigenvalue weighted by Gasteiger charge is 2.09. The van der Waals surface area contributed by atoms with Crippen molar-refractivity contribution in [2.45, 2.75) is 17.7 Å². The Bertz CT molecular complexity index is 565. The molecule has 0 atom stereocenters. The largest absolute Gasteiger partial charge is 0.369 e. The number of hydrogen-bond acceptors (Lipinski definition) is 4. The number of anilines is 1. The van der Waals surface area contributed by atoms with Crippen LogP contribution in [0.15, 0.2) is 40.1 Å². The monoisotopic (exact) mass is 357 g/mol. The lowest BCUT2D eigenvalue weighted by molar-refractivity contribution is 1.01. The predicted octanol–water partition coefficient (Wildman–Crippen LogP) is 4.62. The lowest BCUT2D eigenvalue weighted by Gasteiger charge is -2.09. The van der Waals surface area contributed by atoms with Crippen LogP contribution >= 0.6 is 39.3 Å². The van der Waals surface area contributed by atoms with Gasteiger partial charge in [-0.25, -0.2) is 9.97 Å². The first-order valence-corrected chi connectivity index (χ1v) is 7.98. The molecule has 0 fully saturated rings. The molecule has 0 amide bonds. The first-order chi connectivity index (χ1) is 9.22. The Hall–Kier alpha value is -0.780. The van der Waals surface area contributed by atoms with E-state index in [2.05, 4.69) is 31.2 Å². The molecule has 0 unspecified atom stereocenters. The number of hydrogen-bond donors (Lipinski definition) is 1. The van der Waals surface area contributed by atoms with Gasteiger partial charge in [0.25, 0.3) is 0 Å². The second kappa shape index (κ2) is 7.12. The summed E-state index contributed by atoms with van der Waals surface area (Å²) < 4.78 is 0.897. The zero-order valence-corrected chi connectivity index (χ0v) is 13.5. The normalized spacial score (nSPS) is 10.5. The summed E-state index contributed by atoms with van der Waals surface area (Å²) in [6, 6.07) is 7.84. The van der Waals surface area contributed by atoms with Gasteiger partial charge in [0.05, 0.1) is 4.47 Å². The van der Waals surface area contributed by atoms with Crippen molar-refractivity contribution in [1.82, 2.24) is 9.97 Å². The molecule has 2 aromatic rings. The van der Waals surface area contributed by atoms with Crippen molar-refractivity contribution in [2.24, 2.45) is 0 Å². The van der Waals surface area contributed by atoms with Crippen LogP contribution in [0.3, 0.4) is 0 Å². The molecular weight excluding hydrogens is 346 g/mol. The summed E-state index contributed by atoms with van der Waals surface area (Å²) in [5.41, 5.74) is 1.10. The Morgan fingerprint density at radius 2 is 2.11 bits per heavy atom. The van der Waals surface area contributed by atoms with E-state index in [1.54, 1.807) is 18.1 Å². The van der Waals surface area contributed by atoms with Crippen molar-refractivity contribution in [2.75, 3.05) is 11.9 Å². The van der Waals surface area contributed by atoms with Crippen LogP contribution in [0.2, 0.25) is 5.02 Å². The van der Waals surface area contributed by atoms with E-state index in [1.165, 1.54) is 0 Å². The molecule has 1 aromatic heterocycles. The number of rotatable bonds is 5. The fourth-order valence-corrected chi connectivity index (χ4v) is 3.37. The highest BCUT2D eigenvalue weighted by Crippen LogP contribution is 2.33. The van der Waals surface area contributed by atoms with Gasteiger partial charge < -0.3 is 5.32 Å². The van der Waals surface area contributed by atoms with Crippen LogP contribution in [-0.2, 0) is 5.75 Å². The number of benzene rings is 1. The van der Waals surface area contributed by atoms with Crippen LogP contribution in [0.1, 0.15) is 12.5 Å². The van der Waals surface area contributed by atoms with Crippen molar-refractivity contribution in [3.63, 3.8) is 0 Å². The van der Waals surface area contributed by atoms with E-state index in [-0.39, 0.29) is 0 Å². The highest BCUT2D eigenvalue weighted by atomic mass is 79.9. The fourth-order valence-electron chi connectivity index (χ4n) is 1.51.